The maximum atomic E-state index is 11.2. The van der Waals surface area contributed by atoms with Crippen molar-refractivity contribution < 1.29 is 9.32 Å². The predicted molar refractivity (Wildman–Crippen MR) is 53.3 cm³/mol. The van der Waals surface area contributed by atoms with Gasteiger partial charge in [0.15, 0.2) is 5.82 Å². The van der Waals surface area contributed by atoms with E-state index in [9.17, 15) is 4.79 Å². The summed E-state index contributed by atoms with van der Waals surface area (Å²) in [5.41, 5.74) is 0. The smallest absolute Gasteiger partial charge is 0.223 e. The third-order valence-corrected chi connectivity index (χ3v) is 2.78. The molecule has 5 heteroatoms. The molecule has 1 atom stereocenters. The Morgan fingerprint density at radius 2 is 2.40 bits per heavy atom. The van der Waals surface area contributed by atoms with Crippen molar-refractivity contribution in [3.05, 3.63) is 11.7 Å². The normalized spacial score (nSPS) is 21.7. The lowest BCUT2D eigenvalue weighted by Gasteiger charge is -2.30. The summed E-state index contributed by atoms with van der Waals surface area (Å²) in [6, 6.07) is 0. The van der Waals surface area contributed by atoms with E-state index < -0.39 is 0 Å². The second kappa shape index (κ2) is 4.00. The van der Waals surface area contributed by atoms with Crippen LogP contribution in [0.15, 0.2) is 4.52 Å². The maximum Gasteiger partial charge on any atom is 0.223 e. The van der Waals surface area contributed by atoms with Crippen molar-refractivity contribution in [3.63, 3.8) is 0 Å². The average molecular weight is 209 g/mol. The summed E-state index contributed by atoms with van der Waals surface area (Å²) >= 11 is 0. The molecular weight excluding hydrogens is 194 g/mol. The minimum Gasteiger partial charge on any atom is -0.342 e. The van der Waals surface area contributed by atoms with Gasteiger partial charge in [0.05, 0.1) is 0 Å². The molecule has 1 aromatic heterocycles. The van der Waals surface area contributed by atoms with E-state index in [0.29, 0.717) is 12.4 Å². The molecular formula is C10H15N3O2. The van der Waals surface area contributed by atoms with Crippen molar-refractivity contribution in [2.45, 2.75) is 32.6 Å². The van der Waals surface area contributed by atoms with E-state index in [4.69, 9.17) is 4.52 Å². The highest BCUT2D eigenvalue weighted by Gasteiger charge is 2.25. The van der Waals surface area contributed by atoms with Crippen LogP contribution in [0.3, 0.4) is 0 Å². The van der Waals surface area contributed by atoms with Gasteiger partial charge in [-0.3, -0.25) is 4.79 Å². The number of amides is 1. The Balaban J connectivity index is 2.07. The number of carbonyl (C=O) groups is 1. The van der Waals surface area contributed by atoms with Crippen LogP contribution in [-0.2, 0) is 4.79 Å². The lowest BCUT2D eigenvalue weighted by atomic mass is 9.97. The fourth-order valence-corrected chi connectivity index (χ4v) is 1.95. The Kier molecular flexibility index (Phi) is 2.70. The monoisotopic (exact) mass is 209 g/mol. The Morgan fingerprint density at radius 3 is 3.00 bits per heavy atom. The minimum absolute atomic E-state index is 0.125. The van der Waals surface area contributed by atoms with Crippen LogP contribution in [0.25, 0.3) is 0 Å². The number of carbonyl (C=O) groups excluding carboxylic acids is 1. The first-order valence-corrected chi connectivity index (χ1v) is 5.22. The van der Waals surface area contributed by atoms with E-state index in [0.717, 1.165) is 25.2 Å². The second-order valence-corrected chi connectivity index (χ2v) is 3.98. The SMILES string of the molecule is CC(=O)N1CCC[C@H](c2noc(C)n2)C1. The van der Waals surface area contributed by atoms with E-state index in [-0.39, 0.29) is 11.8 Å². The highest BCUT2D eigenvalue weighted by atomic mass is 16.5. The summed E-state index contributed by atoms with van der Waals surface area (Å²) in [4.78, 5) is 17.3. The van der Waals surface area contributed by atoms with Gasteiger partial charge < -0.3 is 9.42 Å². The van der Waals surface area contributed by atoms with E-state index in [1.807, 2.05) is 4.90 Å². The molecule has 5 nitrogen and oxygen atoms in total. The van der Waals surface area contributed by atoms with Gasteiger partial charge in [0.2, 0.25) is 11.8 Å². The van der Waals surface area contributed by atoms with Crippen LogP contribution in [0, 0.1) is 6.92 Å². The third kappa shape index (κ3) is 2.16. The van der Waals surface area contributed by atoms with Crippen molar-refractivity contribution in [2.75, 3.05) is 13.1 Å². The van der Waals surface area contributed by atoms with Crippen LogP contribution in [0.5, 0.6) is 0 Å². The first kappa shape index (κ1) is 10.1. The van der Waals surface area contributed by atoms with E-state index in [1.54, 1.807) is 13.8 Å². The third-order valence-electron chi connectivity index (χ3n) is 2.78. The molecule has 1 aromatic rings. The number of piperidine rings is 1. The zero-order chi connectivity index (χ0) is 10.8. The largest absolute Gasteiger partial charge is 0.342 e. The molecule has 1 fully saturated rings. The number of nitrogens with zero attached hydrogens (tertiary/aromatic N) is 3. The summed E-state index contributed by atoms with van der Waals surface area (Å²) in [6.45, 7) is 4.95. The highest BCUT2D eigenvalue weighted by molar-refractivity contribution is 5.73. The molecule has 1 amide bonds. The fourth-order valence-electron chi connectivity index (χ4n) is 1.95. The van der Waals surface area contributed by atoms with Gasteiger partial charge in [0.1, 0.15) is 0 Å². The number of hydrogen-bond acceptors (Lipinski definition) is 4. The van der Waals surface area contributed by atoms with Crippen molar-refractivity contribution in [2.24, 2.45) is 0 Å². The first-order valence-electron chi connectivity index (χ1n) is 5.22. The Bertz CT molecular complexity index is 361. The molecule has 1 aliphatic heterocycles. The molecule has 0 radical (unpaired) electrons. The standard InChI is InChI=1S/C10H15N3O2/c1-7-11-10(12-15-7)9-4-3-5-13(6-9)8(2)14/h9H,3-6H2,1-2H3/t9-/m0/s1. The molecule has 1 saturated heterocycles. The van der Waals surface area contributed by atoms with Crippen molar-refractivity contribution in [1.82, 2.24) is 15.0 Å². The van der Waals surface area contributed by atoms with Crippen molar-refractivity contribution in [3.8, 4) is 0 Å². The molecule has 0 saturated carbocycles. The minimum atomic E-state index is 0.125. The maximum absolute atomic E-state index is 11.2. The lowest BCUT2D eigenvalue weighted by molar-refractivity contribution is -0.130. The van der Waals surface area contributed by atoms with Gasteiger partial charge in [0, 0.05) is 32.9 Å². The van der Waals surface area contributed by atoms with Gasteiger partial charge in [-0.1, -0.05) is 5.16 Å². The molecule has 2 rings (SSSR count). The number of aryl methyl sites for hydroxylation is 1. The van der Waals surface area contributed by atoms with E-state index in [1.165, 1.54) is 0 Å². The number of aromatic nitrogens is 2. The van der Waals surface area contributed by atoms with Gasteiger partial charge in [-0.2, -0.15) is 4.98 Å². The van der Waals surface area contributed by atoms with Crippen LogP contribution in [-0.4, -0.2) is 34.0 Å². The lowest BCUT2D eigenvalue weighted by Crippen LogP contribution is -2.37. The number of rotatable bonds is 1. The van der Waals surface area contributed by atoms with Crippen LogP contribution < -0.4 is 0 Å². The van der Waals surface area contributed by atoms with Crippen LogP contribution in [0.1, 0.15) is 37.4 Å². The van der Waals surface area contributed by atoms with Crippen molar-refractivity contribution in [1.29, 1.82) is 0 Å². The van der Waals surface area contributed by atoms with Gasteiger partial charge >= 0.3 is 0 Å². The second-order valence-electron chi connectivity index (χ2n) is 3.98. The summed E-state index contributed by atoms with van der Waals surface area (Å²) < 4.78 is 4.95. The summed E-state index contributed by atoms with van der Waals surface area (Å²) in [5, 5.41) is 3.91. The molecule has 15 heavy (non-hydrogen) atoms. The van der Waals surface area contributed by atoms with Crippen LogP contribution >= 0.6 is 0 Å². The zero-order valence-corrected chi connectivity index (χ0v) is 9.06. The van der Waals surface area contributed by atoms with Gasteiger partial charge in [0.25, 0.3) is 0 Å². The summed E-state index contributed by atoms with van der Waals surface area (Å²) in [6.07, 6.45) is 2.04. The van der Waals surface area contributed by atoms with Gasteiger partial charge in [-0.05, 0) is 12.8 Å². The predicted octanol–water partition coefficient (Wildman–Crippen LogP) is 1.10. The molecule has 0 N–H and O–H groups in total. The summed E-state index contributed by atoms with van der Waals surface area (Å²) in [5.74, 6) is 1.68. The quantitative estimate of drug-likeness (QED) is 0.695. The first-order chi connectivity index (χ1) is 7.16. The Hall–Kier alpha value is -1.39. The molecule has 82 valence electrons. The fraction of sp³-hybridized carbons (Fsp3) is 0.700. The average Bonchev–Trinajstić information content (AvgIpc) is 2.65. The number of likely N-dealkylation sites (tertiary alicyclic amines) is 1. The van der Waals surface area contributed by atoms with E-state index >= 15 is 0 Å². The van der Waals surface area contributed by atoms with Crippen LogP contribution in [0.4, 0.5) is 0 Å². The highest BCUT2D eigenvalue weighted by Crippen LogP contribution is 2.24. The molecule has 0 aromatic carbocycles. The van der Waals surface area contributed by atoms with Crippen molar-refractivity contribution >= 4 is 5.91 Å². The summed E-state index contributed by atoms with van der Waals surface area (Å²) in [7, 11) is 0. The Morgan fingerprint density at radius 1 is 1.60 bits per heavy atom. The molecule has 0 unspecified atom stereocenters. The van der Waals surface area contributed by atoms with Gasteiger partial charge in [-0.25, -0.2) is 0 Å². The molecule has 0 bridgehead atoms. The van der Waals surface area contributed by atoms with Gasteiger partial charge in [-0.15, -0.1) is 0 Å². The van der Waals surface area contributed by atoms with E-state index in [2.05, 4.69) is 10.1 Å². The molecule has 1 aliphatic rings. The number of hydrogen-bond donors (Lipinski definition) is 0. The zero-order valence-electron chi connectivity index (χ0n) is 9.06. The molecule has 0 aliphatic carbocycles. The van der Waals surface area contributed by atoms with Crippen LogP contribution in [0.2, 0.25) is 0 Å². The topological polar surface area (TPSA) is 59.2 Å². The molecule has 0 spiro atoms. The molecule has 2 heterocycles. The Labute approximate surface area is 88.5 Å².